The maximum Gasteiger partial charge on any atom is 0.481 e. The molecule has 0 aliphatic carbocycles. The number of hydrogen-bond acceptors (Lipinski definition) is 4. The molecule has 2 aromatic carbocycles. The van der Waals surface area contributed by atoms with Gasteiger partial charge in [0, 0.05) is 0 Å². The Kier molecular flexibility index (Phi) is 4.65. The third-order valence-electron chi connectivity index (χ3n) is 2.92. The molecule has 2 rings (SSSR count). The highest BCUT2D eigenvalue weighted by Crippen LogP contribution is 2.47. The second-order valence-electron chi connectivity index (χ2n) is 4.80. The first kappa shape index (κ1) is 18.6. The van der Waals surface area contributed by atoms with Crippen LogP contribution in [0.3, 0.4) is 0 Å². The van der Waals surface area contributed by atoms with Crippen molar-refractivity contribution >= 4 is 0 Å². The van der Waals surface area contributed by atoms with Gasteiger partial charge in [0.05, 0.1) is 0 Å². The van der Waals surface area contributed by atoms with Crippen LogP contribution in [-0.4, -0.2) is 28.4 Å². The summed E-state index contributed by atoms with van der Waals surface area (Å²) in [6, 6.07) is 6.16. The van der Waals surface area contributed by atoms with Crippen molar-refractivity contribution in [1.29, 1.82) is 0 Å². The van der Waals surface area contributed by atoms with E-state index in [2.05, 4.69) is 9.47 Å². The van der Waals surface area contributed by atoms with E-state index in [1.807, 2.05) is 0 Å². The topological polar surface area (TPSA) is 58.9 Å². The first-order valence-corrected chi connectivity index (χ1v) is 6.54. The summed E-state index contributed by atoms with van der Waals surface area (Å²) < 4.78 is 88.9. The Bertz CT molecular complexity index is 714. The van der Waals surface area contributed by atoms with Crippen LogP contribution in [0.1, 0.15) is 0 Å². The maximum atomic E-state index is 14.3. The van der Waals surface area contributed by atoms with Crippen molar-refractivity contribution in [2.24, 2.45) is 0 Å². The zero-order chi connectivity index (χ0) is 18.9. The third kappa shape index (κ3) is 3.83. The minimum atomic E-state index is -6.16. The smallest absolute Gasteiger partial charge is 0.481 e. The number of rotatable bonds is 5. The van der Waals surface area contributed by atoms with Crippen LogP contribution < -0.4 is 9.47 Å². The molecular weight excluding hydrogens is 358 g/mol. The lowest BCUT2D eigenvalue weighted by Crippen LogP contribution is -2.62. The van der Waals surface area contributed by atoms with E-state index in [4.69, 9.17) is 10.2 Å². The summed E-state index contributed by atoms with van der Waals surface area (Å²) in [6.45, 7) is 0. The number of phenols is 2. The summed E-state index contributed by atoms with van der Waals surface area (Å²) in [6.07, 6.45) is -11.6. The van der Waals surface area contributed by atoms with E-state index in [0.717, 1.165) is 36.4 Å². The number of halogens is 6. The summed E-state index contributed by atoms with van der Waals surface area (Å²) in [5.41, 5.74) is 0. The summed E-state index contributed by atoms with van der Waals surface area (Å²) in [5, 5.41) is 18.0. The van der Waals surface area contributed by atoms with E-state index >= 15 is 0 Å². The van der Waals surface area contributed by atoms with Crippen LogP contribution in [0.15, 0.2) is 48.5 Å². The second kappa shape index (κ2) is 6.26. The fourth-order valence-electron chi connectivity index (χ4n) is 1.69. The Hall–Kier alpha value is -2.78. The lowest BCUT2D eigenvalue weighted by molar-refractivity contribution is -0.418. The van der Waals surface area contributed by atoms with Crippen molar-refractivity contribution in [2.75, 3.05) is 0 Å². The van der Waals surface area contributed by atoms with Crippen LogP contribution in [0, 0.1) is 0 Å². The van der Waals surface area contributed by atoms with E-state index in [0.29, 0.717) is 12.1 Å². The lowest BCUT2D eigenvalue weighted by Gasteiger charge is -2.33. The average Bonchev–Trinajstić information content (AvgIpc) is 2.50. The highest BCUT2D eigenvalue weighted by atomic mass is 19.4. The fraction of sp³-hybridized carbons (Fsp3) is 0.200. The van der Waals surface area contributed by atoms with Crippen molar-refractivity contribution in [3.63, 3.8) is 0 Å². The predicted octanol–water partition coefficient (Wildman–Crippen LogP) is 4.38. The van der Waals surface area contributed by atoms with Gasteiger partial charge in [-0.1, -0.05) is 0 Å². The normalized spacial score (nSPS) is 14.6. The Labute approximate surface area is 136 Å². The minimum Gasteiger partial charge on any atom is -0.508 e. The molecular formula is C15H10F6O4. The average molecular weight is 368 g/mol. The van der Waals surface area contributed by atoms with Crippen molar-refractivity contribution in [2.45, 2.75) is 18.1 Å². The highest BCUT2D eigenvalue weighted by Gasteiger charge is 2.77. The van der Waals surface area contributed by atoms with Crippen LogP contribution in [0.5, 0.6) is 23.0 Å². The Balaban J connectivity index is 2.36. The SMILES string of the molecule is Oc1ccc(OC(F)(F)C(F)(Oc2ccc(O)cc2)C(F)(F)F)cc1. The standard InChI is InChI=1S/C15H10F6O4/c16-13(14(17,18)19,24-11-5-1-9(22)2-6-11)15(20,21)25-12-7-3-10(23)4-8-12/h1-8,22-23H. The molecule has 0 bridgehead atoms. The number of benzene rings is 2. The largest absolute Gasteiger partial charge is 0.508 e. The molecule has 4 nitrogen and oxygen atoms in total. The van der Waals surface area contributed by atoms with Crippen LogP contribution in [0.4, 0.5) is 26.3 Å². The maximum absolute atomic E-state index is 14.3. The van der Waals surface area contributed by atoms with E-state index < -0.39 is 35.4 Å². The van der Waals surface area contributed by atoms with Crippen LogP contribution in [-0.2, 0) is 0 Å². The van der Waals surface area contributed by atoms with Crippen LogP contribution in [0.2, 0.25) is 0 Å². The van der Waals surface area contributed by atoms with Gasteiger partial charge in [-0.25, -0.2) is 0 Å². The van der Waals surface area contributed by atoms with Crippen molar-refractivity contribution in [1.82, 2.24) is 0 Å². The lowest BCUT2D eigenvalue weighted by atomic mass is 10.2. The van der Waals surface area contributed by atoms with Gasteiger partial charge < -0.3 is 19.7 Å². The molecule has 1 atom stereocenters. The fourth-order valence-corrected chi connectivity index (χ4v) is 1.69. The van der Waals surface area contributed by atoms with Crippen LogP contribution in [0.25, 0.3) is 0 Å². The molecule has 0 aliphatic rings. The van der Waals surface area contributed by atoms with Gasteiger partial charge >= 0.3 is 18.1 Å². The summed E-state index contributed by atoms with van der Waals surface area (Å²) in [7, 11) is 0. The van der Waals surface area contributed by atoms with E-state index in [1.165, 1.54) is 0 Å². The van der Waals surface area contributed by atoms with Gasteiger partial charge in [0.25, 0.3) is 0 Å². The monoisotopic (exact) mass is 368 g/mol. The quantitative estimate of drug-likeness (QED) is 0.770. The zero-order valence-corrected chi connectivity index (χ0v) is 12.1. The number of aromatic hydroxyl groups is 2. The molecule has 0 saturated carbocycles. The van der Waals surface area contributed by atoms with Gasteiger partial charge in [-0.3, -0.25) is 0 Å². The minimum absolute atomic E-state index is 0.363. The summed E-state index contributed by atoms with van der Waals surface area (Å²) >= 11 is 0. The molecule has 0 spiro atoms. The Morgan fingerprint density at radius 2 is 0.960 bits per heavy atom. The molecule has 0 saturated heterocycles. The molecule has 0 radical (unpaired) electrons. The molecule has 10 heteroatoms. The molecule has 2 N–H and O–H groups in total. The number of alkyl halides is 6. The first-order valence-electron chi connectivity index (χ1n) is 6.54. The molecule has 136 valence electrons. The van der Waals surface area contributed by atoms with Crippen molar-refractivity contribution < 1.29 is 46.0 Å². The van der Waals surface area contributed by atoms with Crippen LogP contribution >= 0.6 is 0 Å². The molecule has 0 amide bonds. The van der Waals surface area contributed by atoms with Gasteiger partial charge in [0.2, 0.25) is 0 Å². The van der Waals surface area contributed by atoms with E-state index in [9.17, 15) is 26.3 Å². The van der Waals surface area contributed by atoms with E-state index in [-0.39, 0.29) is 5.75 Å². The molecule has 0 heterocycles. The molecule has 1 unspecified atom stereocenters. The molecule has 25 heavy (non-hydrogen) atoms. The van der Waals surface area contributed by atoms with Gasteiger partial charge in [-0.2, -0.15) is 26.3 Å². The van der Waals surface area contributed by atoms with Gasteiger partial charge in [-0.15, -0.1) is 0 Å². The van der Waals surface area contributed by atoms with E-state index in [1.54, 1.807) is 0 Å². The number of phenolic OH excluding ortho intramolecular Hbond substituents is 2. The number of ether oxygens (including phenoxy) is 2. The molecule has 0 fully saturated rings. The molecule has 2 aromatic rings. The highest BCUT2D eigenvalue weighted by molar-refractivity contribution is 5.32. The van der Waals surface area contributed by atoms with Crippen molar-refractivity contribution in [3.05, 3.63) is 48.5 Å². The van der Waals surface area contributed by atoms with Crippen molar-refractivity contribution in [3.8, 4) is 23.0 Å². The van der Waals surface area contributed by atoms with Gasteiger partial charge in [-0.05, 0) is 48.5 Å². The number of hydrogen-bond donors (Lipinski definition) is 2. The first-order chi connectivity index (χ1) is 11.4. The summed E-state index contributed by atoms with van der Waals surface area (Å²) in [5.74, 6) is -8.02. The Morgan fingerprint density at radius 3 is 1.32 bits per heavy atom. The Morgan fingerprint density at radius 1 is 0.600 bits per heavy atom. The van der Waals surface area contributed by atoms with Gasteiger partial charge in [0.1, 0.15) is 23.0 Å². The zero-order valence-electron chi connectivity index (χ0n) is 12.1. The summed E-state index contributed by atoms with van der Waals surface area (Å²) in [4.78, 5) is 0. The predicted molar refractivity (Wildman–Crippen MR) is 72.3 cm³/mol. The second-order valence-corrected chi connectivity index (χ2v) is 4.80. The third-order valence-corrected chi connectivity index (χ3v) is 2.92. The molecule has 0 aliphatic heterocycles. The molecule has 0 aromatic heterocycles. The van der Waals surface area contributed by atoms with Gasteiger partial charge in [0.15, 0.2) is 0 Å².